The quantitative estimate of drug-likeness (QED) is 0.737. The van der Waals surface area contributed by atoms with Crippen molar-refractivity contribution in [3.8, 4) is 11.1 Å². The number of carboxylic acid groups (broad SMARTS) is 1. The number of aromatic carboxylic acids is 1. The molecule has 0 aliphatic heterocycles. The first-order chi connectivity index (χ1) is 14.0. The molecular formula is C26H28O3. The normalized spacial score (nSPS) is 39.1. The molecule has 1 spiro atoms. The van der Waals surface area contributed by atoms with Crippen LogP contribution in [0.15, 0.2) is 42.5 Å². The fraction of sp³-hybridized carbons (Fsp3) is 0.500. The Hall–Kier alpha value is -2.13. The average Bonchev–Trinajstić information content (AvgIpc) is 3.39. The topological polar surface area (TPSA) is 57.5 Å². The van der Waals surface area contributed by atoms with E-state index in [2.05, 4.69) is 25.1 Å². The van der Waals surface area contributed by atoms with Crippen LogP contribution in [0, 0.1) is 22.7 Å². The zero-order valence-electron chi connectivity index (χ0n) is 16.9. The number of hydrogen-bond donors (Lipinski definition) is 2. The Kier molecular flexibility index (Phi) is 3.49. The second-order valence-electron chi connectivity index (χ2n) is 10.2. The first kappa shape index (κ1) is 17.7. The van der Waals surface area contributed by atoms with Gasteiger partial charge in [-0.3, -0.25) is 0 Å². The van der Waals surface area contributed by atoms with Crippen molar-refractivity contribution >= 4 is 5.97 Å². The van der Waals surface area contributed by atoms with Crippen molar-refractivity contribution in [3.05, 3.63) is 59.2 Å². The summed E-state index contributed by atoms with van der Waals surface area (Å²) >= 11 is 0. The molecule has 0 radical (unpaired) electrons. The van der Waals surface area contributed by atoms with Crippen LogP contribution in [0.1, 0.15) is 66.4 Å². The maximum Gasteiger partial charge on any atom is 0.336 e. The molecule has 3 fully saturated rings. The summed E-state index contributed by atoms with van der Waals surface area (Å²) < 4.78 is 0. The van der Waals surface area contributed by atoms with Gasteiger partial charge in [0.2, 0.25) is 0 Å². The lowest BCUT2D eigenvalue weighted by atomic mass is 9.52. The lowest BCUT2D eigenvalue weighted by Gasteiger charge is -2.52. The van der Waals surface area contributed by atoms with Crippen LogP contribution in [0.4, 0.5) is 0 Å². The van der Waals surface area contributed by atoms with E-state index in [1.807, 2.05) is 12.1 Å². The highest BCUT2D eigenvalue weighted by atomic mass is 16.4. The molecule has 0 heterocycles. The van der Waals surface area contributed by atoms with Crippen LogP contribution in [0.5, 0.6) is 0 Å². The number of carbonyl (C=O) groups is 1. The second kappa shape index (κ2) is 5.72. The SMILES string of the molecule is C[C@]12CC[C@@H]3c4ccc(-c5ccccc5C(=O)O)cc4CC[C@H]3[C@@]13C[C@H]3C[C@@H]2O. The molecule has 0 bridgehead atoms. The number of hydrogen-bond acceptors (Lipinski definition) is 2. The zero-order chi connectivity index (χ0) is 20.0. The Balaban J connectivity index is 1.39. The minimum atomic E-state index is -0.872. The molecule has 2 aromatic carbocycles. The standard InChI is InChI=1S/C26H28O3/c1-25-11-10-20-19-8-6-15(18-4-2-3-5-21(18)24(28)29)12-16(19)7-9-22(20)26(25)14-17(26)13-23(25)27/h2-6,8,12,17,20,22-23,27H,7,9-11,13-14H2,1H3,(H,28,29)/t17-,20-,22-,23+,25-,26+/m1/s1. The van der Waals surface area contributed by atoms with Crippen LogP contribution in [-0.4, -0.2) is 22.3 Å². The fourth-order valence-electron chi connectivity index (χ4n) is 7.89. The van der Waals surface area contributed by atoms with Crippen molar-refractivity contribution in [1.29, 1.82) is 0 Å². The maximum atomic E-state index is 11.7. The molecule has 0 saturated heterocycles. The van der Waals surface area contributed by atoms with Gasteiger partial charge >= 0.3 is 5.97 Å². The second-order valence-corrected chi connectivity index (χ2v) is 10.2. The van der Waals surface area contributed by atoms with Gasteiger partial charge in [0.1, 0.15) is 0 Å². The average molecular weight is 389 g/mol. The van der Waals surface area contributed by atoms with E-state index in [0.29, 0.717) is 22.8 Å². The summed E-state index contributed by atoms with van der Waals surface area (Å²) in [5.41, 5.74) is 5.58. The van der Waals surface area contributed by atoms with Gasteiger partial charge < -0.3 is 10.2 Å². The number of aliphatic hydroxyl groups excluding tert-OH is 1. The first-order valence-electron chi connectivity index (χ1n) is 11.1. The minimum Gasteiger partial charge on any atom is -0.478 e. The summed E-state index contributed by atoms with van der Waals surface area (Å²) in [6.45, 7) is 2.36. The van der Waals surface area contributed by atoms with Crippen molar-refractivity contribution in [3.63, 3.8) is 0 Å². The summed E-state index contributed by atoms with van der Waals surface area (Å²) in [6, 6.07) is 14.0. The van der Waals surface area contributed by atoms with E-state index in [1.165, 1.54) is 30.4 Å². The zero-order valence-corrected chi connectivity index (χ0v) is 16.9. The van der Waals surface area contributed by atoms with Gasteiger partial charge in [0.05, 0.1) is 11.7 Å². The largest absolute Gasteiger partial charge is 0.478 e. The lowest BCUT2D eigenvalue weighted by Crippen LogP contribution is -2.47. The number of aliphatic hydroxyl groups is 1. The Bertz CT molecular complexity index is 1030. The number of carboxylic acids is 1. The highest BCUT2D eigenvalue weighted by Crippen LogP contribution is 2.81. The molecule has 0 aromatic heterocycles. The number of benzene rings is 2. The van der Waals surface area contributed by atoms with E-state index in [0.717, 1.165) is 36.3 Å². The summed E-state index contributed by atoms with van der Waals surface area (Å²) in [7, 11) is 0. The van der Waals surface area contributed by atoms with E-state index in [4.69, 9.17) is 0 Å². The molecule has 3 nitrogen and oxygen atoms in total. The predicted molar refractivity (Wildman–Crippen MR) is 112 cm³/mol. The number of fused-ring (bicyclic) bond motifs is 3. The molecule has 6 rings (SSSR count). The molecule has 3 heteroatoms. The van der Waals surface area contributed by atoms with Crippen molar-refractivity contribution in [2.24, 2.45) is 22.7 Å². The lowest BCUT2D eigenvalue weighted by molar-refractivity contribution is -0.0558. The van der Waals surface area contributed by atoms with Gasteiger partial charge in [-0.25, -0.2) is 4.79 Å². The van der Waals surface area contributed by atoms with E-state index < -0.39 is 5.97 Å². The van der Waals surface area contributed by atoms with Crippen molar-refractivity contribution < 1.29 is 15.0 Å². The van der Waals surface area contributed by atoms with Crippen LogP contribution in [0.25, 0.3) is 11.1 Å². The molecule has 0 unspecified atom stereocenters. The van der Waals surface area contributed by atoms with Crippen molar-refractivity contribution in [2.75, 3.05) is 0 Å². The number of aryl methyl sites for hydroxylation is 1. The Morgan fingerprint density at radius 1 is 1.14 bits per heavy atom. The first-order valence-corrected chi connectivity index (χ1v) is 11.1. The molecule has 6 atom stereocenters. The summed E-state index contributed by atoms with van der Waals surface area (Å²) in [6.07, 6.45) is 6.80. The molecule has 4 aliphatic rings. The predicted octanol–water partition coefficient (Wildman–Crippen LogP) is 5.27. The summed E-state index contributed by atoms with van der Waals surface area (Å²) in [4.78, 5) is 11.7. The third-order valence-electron chi connectivity index (χ3n) is 9.32. The van der Waals surface area contributed by atoms with E-state index in [-0.39, 0.29) is 11.5 Å². The molecule has 29 heavy (non-hydrogen) atoms. The van der Waals surface area contributed by atoms with Gasteiger partial charge in [0, 0.05) is 0 Å². The highest BCUT2D eigenvalue weighted by Gasteiger charge is 2.76. The Morgan fingerprint density at radius 2 is 1.97 bits per heavy atom. The minimum absolute atomic E-state index is 0.113. The monoisotopic (exact) mass is 388 g/mol. The van der Waals surface area contributed by atoms with Crippen LogP contribution in [0.2, 0.25) is 0 Å². The van der Waals surface area contributed by atoms with Crippen LogP contribution in [0.3, 0.4) is 0 Å². The molecule has 150 valence electrons. The van der Waals surface area contributed by atoms with Gasteiger partial charge in [-0.15, -0.1) is 0 Å². The van der Waals surface area contributed by atoms with Gasteiger partial charge in [0.25, 0.3) is 0 Å². The Morgan fingerprint density at radius 3 is 2.79 bits per heavy atom. The third-order valence-corrected chi connectivity index (χ3v) is 9.32. The molecule has 0 amide bonds. The van der Waals surface area contributed by atoms with E-state index in [1.54, 1.807) is 12.1 Å². The van der Waals surface area contributed by atoms with Gasteiger partial charge in [-0.1, -0.05) is 43.3 Å². The molecule has 3 saturated carbocycles. The van der Waals surface area contributed by atoms with E-state index in [9.17, 15) is 15.0 Å². The van der Waals surface area contributed by atoms with E-state index >= 15 is 0 Å². The maximum absolute atomic E-state index is 11.7. The summed E-state index contributed by atoms with van der Waals surface area (Å²) in [5, 5.41) is 20.3. The fourth-order valence-corrected chi connectivity index (χ4v) is 7.89. The smallest absolute Gasteiger partial charge is 0.336 e. The third kappa shape index (κ3) is 2.15. The van der Waals surface area contributed by atoms with Gasteiger partial charge in [0.15, 0.2) is 0 Å². The van der Waals surface area contributed by atoms with Crippen LogP contribution in [-0.2, 0) is 6.42 Å². The van der Waals surface area contributed by atoms with Crippen molar-refractivity contribution in [1.82, 2.24) is 0 Å². The van der Waals surface area contributed by atoms with Gasteiger partial charge in [-0.05, 0) is 95.4 Å². The van der Waals surface area contributed by atoms with Crippen molar-refractivity contribution in [2.45, 2.75) is 57.5 Å². The van der Waals surface area contributed by atoms with Crippen LogP contribution < -0.4 is 0 Å². The van der Waals surface area contributed by atoms with Gasteiger partial charge in [-0.2, -0.15) is 0 Å². The Labute approximate surface area is 171 Å². The molecule has 4 aliphatic carbocycles. The molecular weight excluding hydrogens is 360 g/mol. The summed E-state index contributed by atoms with van der Waals surface area (Å²) in [5.74, 6) is 1.17. The molecule has 2 aromatic rings. The highest BCUT2D eigenvalue weighted by molar-refractivity contribution is 5.96. The molecule has 2 N–H and O–H groups in total. The van der Waals surface area contributed by atoms with Crippen LogP contribution >= 0.6 is 0 Å². The number of rotatable bonds is 2.